The number of hydrogen-bond acceptors (Lipinski definition) is 5. The van der Waals surface area contributed by atoms with Gasteiger partial charge in [0.15, 0.2) is 5.66 Å². The number of benzene rings is 1. The average Bonchev–Trinajstić information content (AvgIpc) is 3.46. The van der Waals surface area contributed by atoms with Gasteiger partial charge in [0.05, 0.1) is 0 Å². The summed E-state index contributed by atoms with van der Waals surface area (Å²) in [7, 11) is 0. The molecule has 0 fully saturated rings. The summed E-state index contributed by atoms with van der Waals surface area (Å²) >= 11 is 0. The van der Waals surface area contributed by atoms with Crippen LogP contribution in [0.4, 0.5) is 0 Å². The van der Waals surface area contributed by atoms with Crippen molar-refractivity contribution in [3.05, 3.63) is 59.9 Å². The molecular weight excluding hydrogens is 328 g/mol. The summed E-state index contributed by atoms with van der Waals surface area (Å²) in [5.41, 5.74) is 0.982. The number of carbonyl (C=O) groups is 1. The van der Waals surface area contributed by atoms with Gasteiger partial charge in [-0.2, -0.15) is 10.2 Å². The Kier molecular flexibility index (Phi) is 5.59. The van der Waals surface area contributed by atoms with Crippen LogP contribution in [0.2, 0.25) is 0 Å². The summed E-state index contributed by atoms with van der Waals surface area (Å²) in [5, 5.41) is 10.9. The van der Waals surface area contributed by atoms with Crippen LogP contribution in [-0.4, -0.2) is 23.1 Å². The fourth-order valence-corrected chi connectivity index (χ4v) is 2.50. The third-order valence-electron chi connectivity index (χ3n) is 4.08. The first kappa shape index (κ1) is 17.6. The maximum Gasteiger partial charge on any atom is 0.270 e. The van der Waals surface area contributed by atoms with Crippen LogP contribution in [0.3, 0.4) is 0 Å². The first-order valence-corrected chi connectivity index (χ1v) is 8.49. The second-order valence-electron chi connectivity index (χ2n) is 6.04. The summed E-state index contributed by atoms with van der Waals surface area (Å²) < 4.78 is 5.73. The summed E-state index contributed by atoms with van der Waals surface area (Å²) in [6, 6.07) is 13.2. The van der Waals surface area contributed by atoms with E-state index in [1.807, 2.05) is 30.3 Å². The summed E-state index contributed by atoms with van der Waals surface area (Å²) in [6.07, 6.45) is 8.83. The minimum Gasteiger partial charge on any atom is -0.489 e. The number of aromatic nitrogens is 1. The smallest absolute Gasteiger partial charge is 0.270 e. The molecule has 26 heavy (non-hydrogen) atoms. The fraction of sp³-hybridized carbons (Fsp3) is 0.300. The Bertz CT molecular complexity index is 821. The summed E-state index contributed by atoms with van der Waals surface area (Å²) in [6.45, 7) is 0.903. The topological polar surface area (TPSA) is 75.9 Å². The Morgan fingerprint density at radius 3 is 2.73 bits per heavy atom. The van der Waals surface area contributed by atoms with E-state index in [4.69, 9.17) is 11.2 Å². The second kappa shape index (κ2) is 8.26. The van der Waals surface area contributed by atoms with Crippen LogP contribution < -0.4 is 10.1 Å². The lowest BCUT2D eigenvalue weighted by atomic mass is 10.0. The van der Waals surface area contributed by atoms with Gasteiger partial charge in [-0.25, -0.2) is 0 Å². The van der Waals surface area contributed by atoms with Crippen molar-refractivity contribution in [3.63, 3.8) is 0 Å². The van der Waals surface area contributed by atoms with Crippen molar-refractivity contribution < 1.29 is 9.53 Å². The van der Waals surface area contributed by atoms with Crippen LogP contribution in [0, 0.1) is 12.3 Å². The highest BCUT2D eigenvalue weighted by molar-refractivity contribution is 5.92. The van der Waals surface area contributed by atoms with E-state index in [2.05, 4.69) is 26.4 Å². The lowest BCUT2D eigenvalue weighted by molar-refractivity contribution is 0.0946. The number of hydrogen-bond donors (Lipinski definition) is 1. The lowest BCUT2D eigenvalue weighted by Crippen LogP contribution is -2.28. The van der Waals surface area contributed by atoms with Gasteiger partial charge in [0.2, 0.25) is 0 Å². The Balaban J connectivity index is 1.48. The highest BCUT2D eigenvalue weighted by atomic mass is 16.5. The zero-order valence-electron chi connectivity index (χ0n) is 14.4. The van der Waals surface area contributed by atoms with E-state index >= 15 is 0 Å². The monoisotopic (exact) mass is 348 g/mol. The molecule has 1 aliphatic heterocycles. The van der Waals surface area contributed by atoms with Crippen LogP contribution in [0.5, 0.6) is 5.75 Å². The number of rotatable bonds is 9. The SMILES string of the molecule is C#CCCC1(CCNC(=O)c2cc(OCc3ccccc3)ccn2)N=N1. The predicted molar refractivity (Wildman–Crippen MR) is 97.6 cm³/mol. The van der Waals surface area contributed by atoms with Crippen molar-refractivity contribution in [2.24, 2.45) is 10.2 Å². The molecule has 0 spiro atoms. The van der Waals surface area contributed by atoms with E-state index in [1.165, 1.54) is 0 Å². The average molecular weight is 348 g/mol. The van der Waals surface area contributed by atoms with E-state index in [0.29, 0.717) is 37.4 Å². The molecule has 2 heterocycles. The maximum atomic E-state index is 12.3. The van der Waals surface area contributed by atoms with Gasteiger partial charge in [-0.3, -0.25) is 9.78 Å². The number of nitrogens with zero attached hydrogens (tertiary/aromatic N) is 3. The Morgan fingerprint density at radius 1 is 1.19 bits per heavy atom. The largest absolute Gasteiger partial charge is 0.489 e. The summed E-state index contributed by atoms with van der Waals surface area (Å²) in [4.78, 5) is 16.4. The number of terminal acetylenes is 1. The molecular formula is C20H20N4O2. The van der Waals surface area contributed by atoms with Crippen LogP contribution >= 0.6 is 0 Å². The molecule has 0 unspecified atom stereocenters. The van der Waals surface area contributed by atoms with Gasteiger partial charge in [-0.1, -0.05) is 30.3 Å². The number of pyridine rings is 1. The summed E-state index contributed by atoms with van der Waals surface area (Å²) in [5.74, 6) is 2.94. The van der Waals surface area contributed by atoms with Crippen LogP contribution in [0.1, 0.15) is 35.3 Å². The molecule has 0 radical (unpaired) electrons. The molecule has 0 bridgehead atoms. The Labute approximate surface area is 152 Å². The molecule has 0 atom stereocenters. The fourth-order valence-electron chi connectivity index (χ4n) is 2.50. The molecule has 2 aromatic rings. The van der Waals surface area contributed by atoms with Crippen LogP contribution in [0.25, 0.3) is 0 Å². The Hall–Kier alpha value is -3.20. The second-order valence-corrected chi connectivity index (χ2v) is 6.04. The number of nitrogens with one attached hydrogen (secondary N) is 1. The van der Waals surface area contributed by atoms with E-state index in [1.54, 1.807) is 18.3 Å². The van der Waals surface area contributed by atoms with Gasteiger partial charge < -0.3 is 10.1 Å². The molecule has 6 nitrogen and oxygen atoms in total. The van der Waals surface area contributed by atoms with Gasteiger partial charge in [0.1, 0.15) is 18.1 Å². The molecule has 0 aliphatic carbocycles. The van der Waals surface area contributed by atoms with E-state index in [9.17, 15) is 4.79 Å². The molecule has 1 aliphatic rings. The van der Waals surface area contributed by atoms with E-state index in [0.717, 1.165) is 12.0 Å². The molecule has 1 aromatic carbocycles. The zero-order valence-corrected chi connectivity index (χ0v) is 14.4. The van der Waals surface area contributed by atoms with Crippen molar-refractivity contribution >= 4 is 5.91 Å². The molecule has 0 saturated heterocycles. The van der Waals surface area contributed by atoms with Gasteiger partial charge in [0, 0.05) is 38.1 Å². The van der Waals surface area contributed by atoms with Crippen molar-refractivity contribution in [2.75, 3.05) is 6.54 Å². The third-order valence-corrected chi connectivity index (χ3v) is 4.08. The molecule has 3 rings (SSSR count). The minimum absolute atomic E-state index is 0.247. The van der Waals surface area contributed by atoms with Gasteiger partial charge in [0.25, 0.3) is 5.91 Å². The van der Waals surface area contributed by atoms with Crippen LogP contribution in [0.15, 0.2) is 58.9 Å². The first-order chi connectivity index (χ1) is 12.7. The van der Waals surface area contributed by atoms with Crippen molar-refractivity contribution in [3.8, 4) is 18.1 Å². The molecule has 1 amide bonds. The number of carbonyl (C=O) groups excluding carboxylic acids is 1. The highest BCUT2D eigenvalue weighted by Crippen LogP contribution is 2.36. The molecule has 6 heteroatoms. The minimum atomic E-state index is -0.395. The molecule has 132 valence electrons. The van der Waals surface area contributed by atoms with Crippen molar-refractivity contribution in [1.29, 1.82) is 0 Å². The van der Waals surface area contributed by atoms with E-state index < -0.39 is 5.66 Å². The van der Waals surface area contributed by atoms with E-state index in [-0.39, 0.29) is 5.91 Å². The van der Waals surface area contributed by atoms with Crippen LogP contribution in [-0.2, 0) is 6.61 Å². The van der Waals surface area contributed by atoms with Crippen molar-refractivity contribution in [2.45, 2.75) is 31.5 Å². The predicted octanol–water partition coefficient (Wildman–Crippen LogP) is 3.36. The normalized spacial score (nSPS) is 13.7. The van der Waals surface area contributed by atoms with Gasteiger partial charge in [-0.15, -0.1) is 12.3 Å². The van der Waals surface area contributed by atoms with Gasteiger partial charge >= 0.3 is 0 Å². The van der Waals surface area contributed by atoms with Crippen molar-refractivity contribution in [1.82, 2.24) is 10.3 Å². The van der Waals surface area contributed by atoms with Gasteiger partial charge in [-0.05, 0) is 11.6 Å². The number of ether oxygens (including phenoxy) is 1. The standard InChI is InChI=1S/C20H20N4O2/c1-2-3-10-20(23-24-20)11-13-22-19(25)18-14-17(9-12-21-18)26-15-16-7-5-4-6-8-16/h1,4-9,12,14H,3,10-11,13,15H2,(H,22,25). The zero-order chi connectivity index (χ0) is 18.2. The number of amides is 1. The maximum absolute atomic E-state index is 12.3. The Morgan fingerprint density at radius 2 is 2.00 bits per heavy atom. The first-order valence-electron chi connectivity index (χ1n) is 8.49. The molecule has 1 N–H and O–H groups in total. The highest BCUT2D eigenvalue weighted by Gasteiger charge is 2.38. The molecule has 0 saturated carbocycles. The molecule has 1 aromatic heterocycles. The quantitative estimate of drug-likeness (QED) is 0.706. The lowest BCUT2D eigenvalue weighted by Gasteiger charge is -2.10. The third kappa shape index (κ3) is 4.90.